The second-order valence-electron chi connectivity index (χ2n) is 5.88. The van der Waals surface area contributed by atoms with E-state index in [4.69, 9.17) is 0 Å². The van der Waals surface area contributed by atoms with Crippen molar-refractivity contribution in [3.05, 3.63) is 65.0 Å². The Bertz CT molecular complexity index is 615. The molecule has 2 aromatic rings. The van der Waals surface area contributed by atoms with Crippen LogP contribution in [-0.2, 0) is 0 Å². The lowest BCUT2D eigenvalue weighted by Gasteiger charge is -2.37. The summed E-state index contributed by atoms with van der Waals surface area (Å²) < 4.78 is 13.2. The Morgan fingerprint density at radius 3 is 2.55 bits per heavy atom. The van der Waals surface area contributed by atoms with Crippen molar-refractivity contribution in [2.45, 2.75) is 38.6 Å². The fourth-order valence-electron chi connectivity index (χ4n) is 2.96. The predicted molar refractivity (Wildman–Crippen MR) is 81.7 cm³/mol. The van der Waals surface area contributed by atoms with E-state index in [-0.39, 0.29) is 5.82 Å². The van der Waals surface area contributed by atoms with E-state index in [9.17, 15) is 4.39 Å². The summed E-state index contributed by atoms with van der Waals surface area (Å²) in [5, 5.41) is 3.59. The summed E-state index contributed by atoms with van der Waals surface area (Å²) >= 11 is 0. The van der Waals surface area contributed by atoms with Gasteiger partial charge in [-0.15, -0.1) is 0 Å². The highest BCUT2D eigenvalue weighted by molar-refractivity contribution is 5.53. The molecule has 2 heteroatoms. The largest absolute Gasteiger partial charge is 0.382 e. The molecule has 0 unspecified atom stereocenters. The molecule has 104 valence electrons. The number of anilines is 1. The highest BCUT2D eigenvalue weighted by Crippen LogP contribution is 2.39. The molecule has 0 aliphatic heterocycles. The van der Waals surface area contributed by atoms with E-state index >= 15 is 0 Å². The topological polar surface area (TPSA) is 12.0 Å². The van der Waals surface area contributed by atoms with Crippen LogP contribution in [0.3, 0.4) is 0 Å². The Kier molecular flexibility index (Phi) is 3.47. The number of aryl methyl sites for hydroxylation is 2. The third-order valence-corrected chi connectivity index (χ3v) is 4.20. The molecule has 1 aliphatic rings. The standard InChI is InChI=1S/C18H20FN/c1-12-6-7-18(13(2)8-12)20-17-10-15(11-17)14-4-3-5-16(19)9-14/h3-9,15,17,20H,10-11H2,1-2H3. The minimum atomic E-state index is -0.131. The molecule has 1 aliphatic carbocycles. The average molecular weight is 269 g/mol. The van der Waals surface area contributed by atoms with Crippen LogP contribution in [0, 0.1) is 19.7 Å². The molecule has 2 aromatic carbocycles. The molecule has 0 aromatic heterocycles. The third kappa shape index (κ3) is 2.69. The second kappa shape index (κ2) is 5.28. The average Bonchev–Trinajstić information content (AvgIpc) is 2.35. The minimum absolute atomic E-state index is 0.131. The summed E-state index contributed by atoms with van der Waals surface area (Å²) in [5.74, 6) is 0.363. The van der Waals surface area contributed by atoms with Crippen LogP contribution in [0.5, 0.6) is 0 Å². The van der Waals surface area contributed by atoms with Gasteiger partial charge in [-0.1, -0.05) is 29.8 Å². The summed E-state index contributed by atoms with van der Waals surface area (Å²) in [4.78, 5) is 0. The first-order valence-electron chi connectivity index (χ1n) is 7.21. The number of rotatable bonds is 3. The quantitative estimate of drug-likeness (QED) is 0.844. The van der Waals surface area contributed by atoms with E-state index in [0.717, 1.165) is 18.4 Å². The smallest absolute Gasteiger partial charge is 0.123 e. The Hall–Kier alpha value is -1.83. The lowest BCUT2D eigenvalue weighted by molar-refractivity contribution is 0.373. The van der Waals surface area contributed by atoms with E-state index < -0.39 is 0 Å². The van der Waals surface area contributed by atoms with Gasteiger partial charge in [0.25, 0.3) is 0 Å². The lowest BCUT2D eigenvalue weighted by Crippen LogP contribution is -2.34. The molecule has 3 rings (SSSR count). The molecule has 0 atom stereocenters. The summed E-state index contributed by atoms with van der Waals surface area (Å²) in [7, 11) is 0. The van der Waals surface area contributed by atoms with Crippen molar-refractivity contribution in [1.29, 1.82) is 0 Å². The van der Waals surface area contributed by atoms with Crippen molar-refractivity contribution in [2.75, 3.05) is 5.32 Å². The van der Waals surface area contributed by atoms with Gasteiger partial charge in [0.2, 0.25) is 0 Å². The van der Waals surface area contributed by atoms with Gasteiger partial charge in [0.05, 0.1) is 0 Å². The Morgan fingerprint density at radius 2 is 1.85 bits per heavy atom. The fourth-order valence-corrected chi connectivity index (χ4v) is 2.96. The molecule has 1 fully saturated rings. The van der Waals surface area contributed by atoms with Gasteiger partial charge < -0.3 is 5.32 Å². The zero-order chi connectivity index (χ0) is 14.1. The van der Waals surface area contributed by atoms with Gasteiger partial charge in [-0.25, -0.2) is 4.39 Å². The van der Waals surface area contributed by atoms with Gasteiger partial charge in [-0.05, 0) is 61.9 Å². The van der Waals surface area contributed by atoms with Gasteiger partial charge in [-0.3, -0.25) is 0 Å². The predicted octanol–water partition coefficient (Wildman–Crippen LogP) is 4.80. The molecule has 0 radical (unpaired) electrons. The summed E-state index contributed by atoms with van der Waals surface area (Å²) in [6, 6.07) is 14.0. The second-order valence-corrected chi connectivity index (χ2v) is 5.88. The normalized spacial score (nSPS) is 21.4. The monoisotopic (exact) mass is 269 g/mol. The number of hydrogen-bond donors (Lipinski definition) is 1. The first kappa shape index (κ1) is 13.2. The van der Waals surface area contributed by atoms with Crippen molar-refractivity contribution >= 4 is 5.69 Å². The first-order valence-corrected chi connectivity index (χ1v) is 7.21. The maximum atomic E-state index is 13.2. The Morgan fingerprint density at radius 1 is 1.05 bits per heavy atom. The SMILES string of the molecule is Cc1ccc(NC2CC(c3cccc(F)c3)C2)c(C)c1. The minimum Gasteiger partial charge on any atom is -0.382 e. The Labute approximate surface area is 119 Å². The zero-order valence-electron chi connectivity index (χ0n) is 12.0. The first-order chi connectivity index (χ1) is 9.61. The van der Waals surface area contributed by atoms with Crippen molar-refractivity contribution in [3.63, 3.8) is 0 Å². The number of hydrogen-bond acceptors (Lipinski definition) is 1. The molecule has 20 heavy (non-hydrogen) atoms. The number of nitrogens with one attached hydrogen (secondary N) is 1. The molecule has 1 N–H and O–H groups in total. The highest BCUT2D eigenvalue weighted by atomic mass is 19.1. The fraction of sp³-hybridized carbons (Fsp3) is 0.333. The molecular formula is C18H20FN. The lowest BCUT2D eigenvalue weighted by atomic mass is 9.75. The Balaban J connectivity index is 1.61. The van der Waals surface area contributed by atoms with Crippen LogP contribution in [0.25, 0.3) is 0 Å². The van der Waals surface area contributed by atoms with Crippen LogP contribution in [0.4, 0.5) is 10.1 Å². The van der Waals surface area contributed by atoms with Crippen molar-refractivity contribution < 1.29 is 4.39 Å². The van der Waals surface area contributed by atoms with E-state index in [1.54, 1.807) is 12.1 Å². The van der Waals surface area contributed by atoms with Crippen LogP contribution in [-0.4, -0.2) is 6.04 Å². The molecular weight excluding hydrogens is 249 g/mol. The van der Waals surface area contributed by atoms with Crippen LogP contribution >= 0.6 is 0 Å². The molecule has 0 spiro atoms. The maximum Gasteiger partial charge on any atom is 0.123 e. The van der Waals surface area contributed by atoms with Crippen molar-refractivity contribution in [3.8, 4) is 0 Å². The molecule has 0 bridgehead atoms. The summed E-state index contributed by atoms with van der Waals surface area (Å²) in [6.07, 6.45) is 2.16. The highest BCUT2D eigenvalue weighted by Gasteiger charge is 2.30. The van der Waals surface area contributed by atoms with Gasteiger partial charge in [0.15, 0.2) is 0 Å². The van der Waals surface area contributed by atoms with E-state index in [2.05, 4.69) is 37.4 Å². The molecule has 0 saturated heterocycles. The molecule has 0 amide bonds. The zero-order valence-corrected chi connectivity index (χ0v) is 12.0. The molecule has 1 nitrogen and oxygen atoms in total. The van der Waals surface area contributed by atoms with E-state index in [1.165, 1.54) is 22.9 Å². The van der Waals surface area contributed by atoms with Crippen LogP contribution in [0.1, 0.15) is 35.4 Å². The molecule has 0 heterocycles. The van der Waals surface area contributed by atoms with Gasteiger partial charge in [0.1, 0.15) is 5.82 Å². The van der Waals surface area contributed by atoms with Gasteiger partial charge in [-0.2, -0.15) is 0 Å². The van der Waals surface area contributed by atoms with Crippen molar-refractivity contribution in [1.82, 2.24) is 0 Å². The van der Waals surface area contributed by atoms with Crippen LogP contribution < -0.4 is 5.32 Å². The van der Waals surface area contributed by atoms with E-state index in [0.29, 0.717) is 12.0 Å². The summed E-state index contributed by atoms with van der Waals surface area (Å²) in [5.41, 5.74) is 4.93. The van der Waals surface area contributed by atoms with Crippen LogP contribution in [0.15, 0.2) is 42.5 Å². The third-order valence-electron chi connectivity index (χ3n) is 4.20. The van der Waals surface area contributed by atoms with Gasteiger partial charge in [0, 0.05) is 11.7 Å². The summed E-state index contributed by atoms with van der Waals surface area (Å²) in [6.45, 7) is 4.25. The van der Waals surface area contributed by atoms with Gasteiger partial charge >= 0.3 is 0 Å². The number of halogens is 1. The molecule has 1 saturated carbocycles. The number of benzene rings is 2. The van der Waals surface area contributed by atoms with Crippen LogP contribution in [0.2, 0.25) is 0 Å². The van der Waals surface area contributed by atoms with E-state index in [1.807, 2.05) is 6.07 Å². The van der Waals surface area contributed by atoms with Crippen molar-refractivity contribution in [2.24, 2.45) is 0 Å². The maximum absolute atomic E-state index is 13.2.